The van der Waals surface area contributed by atoms with Crippen LogP contribution < -0.4 is 14.4 Å². The minimum absolute atomic E-state index is 0.183. The molecule has 4 aromatic rings. The predicted octanol–water partition coefficient (Wildman–Crippen LogP) is 9.09. The second-order valence-corrected chi connectivity index (χ2v) is 10.9. The van der Waals surface area contributed by atoms with Gasteiger partial charge in [0.25, 0.3) is 5.91 Å². The standard InChI is InChI=1S/C32H26Cl2N2O3S/c1-3-38-29-18-23(8-17-28(29)39-20-22-6-4-21(2)5-7-22)19-30-31(37)36(27-15-11-25(34)12-16-27)32(40-30)35-26-13-9-24(33)10-14-26/h4-19H,3,20H2,1-2H3/b30-19-,35-32?. The van der Waals surface area contributed by atoms with Crippen molar-refractivity contribution in [2.45, 2.75) is 20.5 Å². The summed E-state index contributed by atoms with van der Waals surface area (Å²) in [6, 6.07) is 28.1. The number of thioether (sulfide) groups is 1. The summed E-state index contributed by atoms with van der Waals surface area (Å²) in [6.07, 6.45) is 1.84. The van der Waals surface area contributed by atoms with Crippen LogP contribution in [0.25, 0.3) is 6.08 Å². The molecule has 1 aliphatic rings. The molecule has 8 heteroatoms. The van der Waals surface area contributed by atoms with Gasteiger partial charge in [-0.25, -0.2) is 4.99 Å². The first-order chi connectivity index (χ1) is 19.4. The quantitative estimate of drug-likeness (QED) is 0.193. The highest BCUT2D eigenvalue weighted by Gasteiger charge is 2.34. The largest absolute Gasteiger partial charge is 0.490 e. The van der Waals surface area contributed by atoms with Gasteiger partial charge in [-0.2, -0.15) is 0 Å². The summed E-state index contributed by atoms with van der Waals surface area (Å²) in [7, 11) is 0. The third-order valence-corrected chi connectivity index (χ3v) is 7.50. The van der Waals surface area contributed by atoms with Crippen molar-refractivity contribution in [2.24, 2.45) is 4.99 Å². The van der Waals surface area contributed by atoms with Gasteiger partial charge in [-0.3, -0.25) is 9.69 Å². The fourth-order valence-corrected chi connectivity index (χ4v) is 5.24. The first-order valence-electron chi connectivity index (χ1n) is 12.7. The molecule has 5 rings (SSSR count). The number of anilines is 1. The van der Waals surface area contributed by atoms with E-state index in [-0.39, 0.29) is 5.91 Å². The molecule has 0 radical (unpaired) electrons. The van der Waals surface area contributed by atoms with E-state index in [9.17, 15) is 4.79 Å². The number of halogens is 2. The van der Waals surface area contributed by atoms with E-state index in [1.807, 2.05) is 55.5 Å². The van der Waals surface area contributed by atoms with Gasteiger partial charge in [0.1, 0.15) is 6.61 Å². The Balaban J connectivity index is 1.44. The zero-order valence-electron chi connectivity index (χ0n) is 21.9. The summed E-state index contributed by atoms with van der Waals surface area (Å²) in [5, 5.41) is 1.73. The van der Waals surface area contributed by atoms with Crippen molar-refractivity contribution in [2.75, 3.05) is 11.5 Å². The average Bonchev–Trinajstić information content (AvgIpc) is 3.25. The molecule has 1 aliphatic heterocycles. The van der Waals surface area contributed by atoms with Crippen LogP contribution in [0.2, 0.25) is 10.0 Å². The molecule has 0 atom stereocenters. The molecule has 0 aromatic heterocycles. The number of rotatable bonds is 8. The number of aryl methyl sites for hydroxylation is 1. The molecule has 0 bridgehead atoms. The van der Waals surface area contributed by atoms with Crippen molar-refractivity contribution in [3.63, 3.8) is 0 Å². The van der Waals surface area contributed by atoms with Crippen LogP contribution in [0, 0.1) is 6.92 Å². The lowest BCUT2D eigenvalue weighted by molar-refractivity contribution is -0.113. The number of hydrogen-bond donors (Lipinski definition) is 0. The minimum atomic E-state index is -0.183. The molecule has 0 spiro atoms. The molecule has 0 saturated carbocycles. The third-order valence-electron chi connectivity index (χ3n) is 6.02. The van der Waals surface area contributed by atoms with Crippen LogP contribution in [0.5, 0.6) is 11.5 Å². The normalized spacial score (nSPS) is 15.2. The van der Waals surface area contributed by atoms with Gasteiger partial charge in [0.15, 0.2) is 16.7 Å². The minimum Gasteiger partial charge on any atom is -0.490 e. The van der Waals surface area contributed by atoms with Gasteiger partial charge in [-0.1, -0.05) is 59.1 Å². The number of hydrogen-bond acceptors (Lipinski definition) is 5. The Hall–Kier alpha value is -3.71. The monoisotopic (exact) mass is 588 g/mol. The fourth-order valence-electron chi connectivity index (χ4n) is 3.99. The first kappa shape index (κ1) is 27.8. The molecule has 4 aromatic carbocycles. The molecule has 40 heavy (non-hydrogen) atoms. The van der Waals surface area contributed by atoms with Crippen LogP contribution in [0.1, 0.15) is 23.6 Å². The molecular weight excluding hydrogens is 563 g/mol. The lowest BCUT2D eigenvalue weighted by atomic mass is 10.1. The van der Waals surface area contributed by atoms with Crippen LogP contribution in [0.3, 0.4) is 0 Å². The average molecular weight is 590 g/mol. The lowest BCUT2D eigenvalue weighted by Crippen LogP contribution is -2.28. The van der Waals surface area contributed by atoms with Crippen LogP contribution in [-0.4, -0.2) is 17.7 Å². The second-order valence-electron chi connectivity index (χ2n) is 9.01. The van der Waals surface area contributed by atoms with E-state index in [1.54, 1.807) is 41.3 Å². The fraction of sp³-hybridized carbons (Fsp3) is 0.125. The van der Waals surface area contributed by atoms with Crippen LogP contribution in [0.15, 0.2) is 101 Å². The van der Waals surface area contributed by atoms with Gasteiger partial charge in [0, 0.05) is 10.0 Å². The molecule has 202 valence electrons. The van der Waals surface area contributed by atoms with E-state index < -0.39 is 0 Å². The molecule has 1 fully saturated rings. The van der Waals surface area contributed by atoms with Crippen LogP contribution >= 0.6 is 35.0 Å². The maximum absolute atomic E-state index is 13.7. The first-order valence-corrected chi connectivity index (χ1v) is 14.3. The van der Waals surface area contributed by atoms with E-state index in [0.717, 1.165) is 11.1 Å². The summed E-state index contributed by atoms with van der Waals surface area (Å²) in [5.41, 5.74) is 4.45. The molecule has 1 saturated heterocycles. The van der Waals surface area contributed by atoms with Gasteiger partial charge in [0.2, 0.25) is 0 Å². The van der Waals surface area contributed by atoms with Gasteiger partial charge in [-0.05, 0) is 103 Å². The van der Waals surface area contributed by atoms with Crippen molar-refractivity contribution in [1.29, 1.82) is 0 Å². The van der Waals surface area contributed by atoms with Crippen molar-refractivity contribution in [1.82, 2.24) is 0 Å². The van der Waals surface area contributed by atoms with Gasteiger partial charge < -0.3 is 9.47 Å². The summed E-state index contributed by atoms with van der Waals surface area (Å²) in [5.74, 6) is 1.07. The summed E-state index contributed by atoms with van der Waals surface area (Å²) < 4.78 is 12.0. The Bertz CT molecular complexity index is 1570. The molecule has 1 heterocycles. The number of carbonyl (C=O) groups is 1. The Morgan fingerprint density at radius 3 is 2.20 bits per heavy atom. The van der Waals surface area contributed by atoms with E-state index in [4.69, 9.17) is 37.7 Å². The summed E-state index contributed by atoms with van der Waals surface area (Å²) in [4.78, 5) is 20.5. The molecule has 1 amide bonds. The molecule has 0 N–H and O–H groups in total. The maximum atomic E-state index is 13.7. The van der Waals surface area contributed by atoms with Crippen molar-refractivity contribution < 1.29 is 14.3 Å². The number of benzene rings is 4. The highest BCUT2D eigenvalue weighted by molar-refractivity contribution is 8.19. The predicted molar refractivity (Wildman–Crippen MR) is 166 cm³/mol. The Labute approximate surface area is 248 Å². The molecule has 0 aliphatic carbocycles. The van der Waals surface area contributed by atoms with Gasteiger partial charge in [-0.15, -0.1) is 0 Å². The highest BCUT2D eigenvalue weighted by atomic mass is 35.5. The van der Waals surface area contributed by atoms with Crippen molar-refractivity contribution in [3.8, 4) is 11.5 Å². The van der Waals surface area contributed by atoms with Crippen molar-refractivity contribution in [3.05, 3.63) is 123 Å². The number of ether oxygens (including phenoxy) is 2. The highest BCUT2D eigenvalue weighted by Crippen LogP contribution is 2.39. The number of carbonyl (C=O) groups excluding carboxylic acids is 1. The number of amides is 1. The van der Waals surface area contributed by atoms with Crippen LogP contribution in [0.4, 0.5) is 11.4 Å². The zero-order chi connectivity index (χ0) is 28.1. The third kappa shape index (κ3) is 6.70. The van der Waals surface area contributed by atoms with E-state index in [0.29, 0.717) is 56.2 Å². The second kappa shape index (κ2) is 12.6. The smallest absolute Gasteiger partial charge is 0.271 e. The number of aliphatic imine (C=N–C) groups is 1. The zero-order valence-corrected chi connectivity index (χ0v) is 24.3. The number of nitrogens with zero attached hydrogens (tertiary/aromatic N) is 2. The summed E-state index contributed by atoms with van der Waals surface area (Å²) >= 11 is 13.5. The number of amidine groups is 1. The molecule has 5 nitrogen and oxygen atoms in total. The summed E-state index contributed by atoms with van der Waals surface area (Å²) in [6.45, 7) is 4.89. The van der Waals surface area contributed by atoms with E-state index in [2.05, 4.69) is 19.1 Å². The molecule has 0 unspecified atom stereocenters. The van der Waals surface area contributed by atoms with E-state index in [1.165, 1.54) is 17.3 Å². The van der Waals surface area contributed by atoms with Crippen molar-refractivity contribution >= 4 is 63.5 Å². The Morgan fingerprint density at radius 1 is 0.850 bits per heavy atom. The Morgan fingerprint density at radius 2 is 1.52 bits per heavy atom. The maximum Gasteiger partial charge on any atom is 0.271 e. The molecular formula is C32H26Cl2N2O3S. The Kier molecular flexibility index (Phi) is 8.80. The topological polar surface area (TPSA) is 51.1 Å². The van der Waals surface area contributed by atoms with Crippen LogP contribution in [-0.2, 0) is 11.4 Å². The van der Waals surface area contributed by atoms with E-state index >= 15 is 0 Å². The van der Waals surface area contributed by atoms with Gasteiger partial charge in [0.05, 0.1) is 22.9 Å². The lowest BCUT2D eigenvalue weighted by Gasteiger charge is -2.15. The SMILES string of the molecule is CCOc1cc(/C=C2\SC(=Nc3ccc(Cl)cc3)N(c3ccc(Cl)cc3)C2=O)ccc1OCc1ccc(C)cc1. The van der Waals surface area contributed by atoms with Gasteiger partial charge >= 0.3 is 0 Å².